The second-order valence-electron chi connectivity index (χ2n) is 6.84. The van der Waals surface area contributed by atoms with Crippen molar-refractivity contribution in [2.45, 2.75) is 5.92 Å². The SMILES string of the molecule is COC(=O)c1ccc(C(=O)OC)c(NC(=O)C2c3ccccc3Oc3ccccc32)c1. The summed E-state index contributed by atoms with van der Waals surface area (Å²) in [4.78, 5) is 37.7. The minimum absolute atomic E-state index is 0.122. The van der Waals surface area contributed by atoms with Crippen molar-refractivity contribution in [1.82, 2.24) is 0 Å². The molecule has 7 nitrogen and oxygen atoms in total. The molecular weight excluding hydrogens is 398 g/mol. The number of methoxy groups -OCH3 is 2. The number of ether oxygens (including phenoxy) is 3. The van der Waals surface area contributed by atoms with Crippen LogP contribution in [0.3, 0.4) is 0 Å². The summed E-state index contributed by atoms with van der Waals surface area (Å²) in [5.74, 6) is -1.12. The number of hydrogen-bond donors (Lipinski definition) is 1. The summed E-state index contributed by atoms with van der Waals surface area (Å²) in [5.41, 5.74) is 1.86. The van der Waals surface area contributed by atoms with E-state index in [0.717, 1.165) is 0 Å². The van der Waals surface area contributed by atoms with Crippen LogP contribution in [0.15, 0.2) is 66.7 Å². The molecule has 0 atom stereocenters. The lowest BCUT2D eigenvalue weighted by molar-refractivity contribution is -0.116. The van der Waals surface area contributed by atoms with Gasteiger partial charge in [0.2, 0.25) is 5.91 Å². The molecule has 156 valence electrons. The second kappa shape index (κ2) is 8.31. The van der Waals surface area contributed by atoms with E-state index < -0.39 is 17.9 Å². The fourth-order valence-electron chi connectivity index (χ4n) is 3.58. The quantitative estimate of drug-likeness (QED) is 0.642. The summed E-state index contributed by atoms with van der Waals surface area (Å²) in [6.07, 6.45) is 0. The first-order valence-corrected chi connectivity index (χ1v) is 9.50. The van der Waals surface area contributed by atoms with Crippen molar-refractivity contribution < 1.29 is 28.6 Å². The van der Waals surface area contributed by atoms with Gasteiger partial charge in [0, 0.05) is 11.1 Å². The van der Waals surface area contributed by atoms with E-state index in [1.54, 1.807) is 12.1 Å². The minimum atomic E-state index is -0.673. The van der Waals surface area contributed by atoms with Crippen molar-refractivity contribution in [1.29, 1.82) is 0 Å². The number of fused-ring (bicyclic) bond motifs is 2. The van der Waals surface area contributed by atoms with E-state index in [4.69, 9.17) is 14.2 Å². The van der Waals surface area contributed by atoms with Gasteiger partial charge in [0.1, 0.15) is 11.5 Å². The minimum Gasteiger partial charge on any atom is -0.465 e. The highest BCUT2D eigenvalue weighted by atomic mass is 16.5. The van der Waals surface area contributed by atoms with Crippen LogP contribution < -0.4 is 10.1 Å². The molecule has 0 spiro atoms. The average Bonchev–Trinajstić information content (AvgIpc) is 2.81. The summed E-state index contributed by atoms with van der Waals surface area (Å²) < 4.78 is 15.5. The van der Waals surface area contributed by atoms with Gasteiger partial charge in [-0.3, -0.25) is 4.79 Å². The fraction of sp³-hybridized carbons (Fsp3) is 0.125. The maximum atomic E-state index is 13.5. The van der Waals surface area contributed by atoms with Crippen molar-refractivity contribution in [3.05, 3.63) is 89.0 Å². The van der Waals surface area contributed by atoms with E-state index in [9.17, 15) is 14.4 Å². The lowest BCUT2D eigenvalue weighted by Crippen LogP contribution is -2.26. The number of carbonyl (C=O) groups is 3. The van der Waals surface area contributed by atoms with E-state index in [0.29, 0.717) is 22.6 Å². The lowest BCUT2D eigenvalue weighted by atomic mass is 9.87. The molecule has 1 heterocycles. The Balaban J connectivity index is 1.77. The van der Waals surface area contributed by atoms with Crippen LogP contribution in [0.4, 0.5) is 5.69 Å². The van der Waals surface area contributed by atoms with Gasteiger partial charge in [-0.15, -0.1) is 0 Å². The smallest absolute Gasteiger partial charge is 0.339 e. The molecule has 31 heavy (non-hydrogen) atoms. The van der Waals surface area contributed by atoms with Gasteiger partial charge in [-0.2, -0.15) is 0 Å². The van der Waals surface area contributed by atoms with Gasteiger partial charge >= 0.3 is 11.9 Å². The fourth-order valence-corrected chi connectivity index (χ4v) is 3.58. The van der Waals surface area contributed by atoms with E-state index >= 15 is 0 Å². The first-order valence-electron chi connectivity index (χ1n) is 9.50. The normalized spacial score (nSPS) is 12.1. The molecule has 0 aromatic heterocycles. The van der Waals surface area contributed by atoms with Crippen LogP contribution in [0.2, 0.25) is 0 Å². The van der Waals surface area contributed by atoms with E-state index in [1.165, 1.54) is 32.4 Å². The number of nitrogens with one attached hydrogen (secondary N) is 1. The molecule has 0 fully saturated rings. The van der Waals surface area contributed by atoms with Crippen LogP contribution in [0, 0.1) is 0 Å². The predicted molar refractivity (Wildman–Crippen MR) is 113 cm³/mol. The molecule has 1 N–H and O–H groups in total. The Hall–Kier alpha value is -4.13. The Morgan fingerprint density at radius 1 is 0.806 bits per heavy atom. The zero-order chi connectivity index (χ0) is 22.0. The van der Waals surface area contributed by atoms with Crippen molar-refractivity contribution in [2.75, 3.05) is 19.5 Å². The molecule has 0 aliphatic carbocycles. The summed E-state index contributed by atoms with van der Waals surface area (Å²) in [6, 6.07) is 18.8. The molecule has 1 aliphatic heterocycles. The zero-order valence-electron chi connectivity index (χ0n) is 16.9. The monoisotopic (exact) mass is 417 g/mol. The van der Waals surface area contributed by atoms with E-state index in [-0.39, 0.29) is 22.7 Å². The Morgan fingerprint density at radius 3 is 1.97 bits per heavy atom. The number of benzene rings is 3. The number of esters is 2. The molecule has 4 rings (SSSR count). The summed E-state index contributed by atoms with van der Waals surface area (Å²) in [7, 11) is 2.50. The van der Waals surface area contributed by atoms with E-state index in [1.807, 2.05) is 36.4 Å². The van der Waals surface area contributed by atoms with Gasteiger partial charge in [-0.25, -0.2) is 9.59 Å². The third-order valence-electron chi connectivity index (χ3n) is 5.05. The molecule has 1 aliphatic rings. The van der Waals surface area contributed by atoms with Gasteiger partial charge < -0.3 is 19.5 Å². The molecule has 3 aromatic rings. The van der Waals surface area contributed by atoms with Crippen LogP contribution in [-0.2, 0) is 14.3 Å². The average molecular weight is 417 g/mol. The number of amides is 1. The van der Waals surface area contributed by atoms with Gasteiger partial charge in [-0.05, 0) is 30.3 Å². The standard InChI is InChI=1S/C24H19NO6/c1-29-23(27)14-11-12-15(24(28)30-2)18(13-14)25-22(26)21-16-7-3-5-9-19(16)31-20-10-6-4-8-17(20)21/h3-13,21H,1-2H3,(H,25,26). The third-order valence-corrected chi connectivity index (χ3v) is 5.05. The van der Waals surface area contributed by atoms with Crippen molar-refractivity contribution in [3.8, 4) is 11.5 Å². The number of para-hydroxylation sites is 2. The molecule has 0 bridgehead atoms. The van der Waals surface area contributed by atoms with Crippen LogP contribution >= 0.6 is 0 Å². The third kappa shape index (κ3) is 3.73. The Morgan fingerprint density at radius 2 is 1.39 bits per heavy atom. The Bertz CT molecular complexity index is 1140. The molecule has 0 radical (unpaired) electrons. The molecule has 0 saturated carbocycles. The summed E-state index contributed by atoms with van der Waals surface area (Å²) in [5, 5.41) is 2.79. The number of hydrogen-bond acceptors (Lipinski definition) is 6. The topological polar surface area (TPSA) is 90.9 Å². The Labute approximate surface area is 178 Å². The second-order valence-corrected chi connectivity index (χ2v) is 6.84. The lowest BCUT2D eigenvalue weighted by Gasteiger charge is -2.27. The zero-order valence-corrected chi connectivity index (χ0v) is 16.9. The number of carbonyl (C=O) groups excluding carboxylic acids is 3. The predicted octanol–water partition coefficient (Wildman–Crippen LogP) is 4.14. The maximum absolute atomic E-state index is 13.5. The van der Waals surface area contributed by atoms with E-state index in [2.05, 4.69) is 5.32 Å². The number of anilines is 1. The van der Waals surface area contributed by atoms with Crippen LogP contribution in [-0.4, -0.2) is 32.1 Å². The van der Waals surface area contributed by atoms with Crippen LogP contribution in [0.1, 0.15) is 37.8 Å². The van der Waals surface area contributed by atoms with Gasteiger partial charge in [0.15, 0.2) is 0 Å². The molecule has 7 heteroatoms. The highest BCUT2D eigenvalue weighted by Crippen LogP contribution is 2.44. The molecule has 0 saturated heterocycles. The summed E-state index contributed by atoms with van der Waals surface area (Å²) in [6.45, 7) is 0. The van der Waals surface area contributed by atoms with Gasteiger partial charge in [0.25, 0.3) is 0 Å². The highest BCUT2D eigenvalue weighted by Gasteiger charge is 2.33. The van der Waals surface area contributed by atoms with Crippen molar-refractivity contribution >= 4 is 23.5 Å². The Kier molecular flexibility index (Phi) is 5.41. The summed E-state index contributed by atoms with van der Waals surface area (Å²) >= 11 is 0. The molecule has 3 aromatic carbocycles. The number of rotatable bonds is 4. The van der Waals surface area contributed by atoms with Crippen LogP contribution in [0.5, 0.6) is 11.5 Å². The van der Waals surface area contributed by atoms with Gasteiger partial charge in [-0.1, -0.05) is 36.4 Å². The van der Waals surface area contributed by atoms with Gasteiger partial charge in [0.05, 0.1) is 37.0 Å². The molecular formula is C24H19NO6. The largest absolute Gasteiger partial charge is 0.465 e. The van der Waals surface area contributed by atoms with Crippen molar-refractivity contribution in [2.24, 2.45) is 0 Å². The molecule has 1 amide bonds. The first-order chi connectivity index (χ1) is 15.0. The van der Waals surface area contributed by atoms with Crippen LogP contribution in [0.25, 0.3) is 0 Å². The highest BCUT2D eigenvalue weighted by molar-refractivity contribution is 6.06. The maximum Gasteiger partial charge on any atom is 0.339 e. The molecule has 0 unspecified atom stereocenters. The van der Waals surface area contributed by atoms with Crippen molar-refractivity contribution in [3.63, 3.8) is 0 Å². The first kappa shape index (κ1) is 20.2.